The number of nitrogens with one attached hydrogen (secondary N) is 3. The second-order valence-electron chi connectivity index (χ2n) is 6.07. The lowest BCUT2D eigenvalue weighted by molar-refractivity contribution is 0.102. The zero-order valence-corrected chi connectivity index (χ0v) is 15.4. The van der Waals surface area contributed by atoms with Crippen LogP contribution in [0.15, 0.2) is 54.9 Å². The van der Waals surface area contributed by atoms with Crippen LogP contribution in [0.25, 0.3) is 5.69 Å². The first kappa shape index (κ1) is 18.2. The van der Waals surface area contributed by atoms with Crippen LogP contribution >= 0.6 is 0 Å². The molecule has 3 N–H and O–H groups in total. The maximum atomic E-state index is 12.4. The predicted molar refractivity (Wildman–Crippen MR) is 106 cm³/mol. The molecule has 0 aliphatic heterocycles. The lowest BCUT2D eigenvalue weighted by Crippen LogP contribution is -2.24. The first-order valence-electron chi connectivity index (χ1n) is 8.49. The van der Waals surface area contributed by atoms with E-state index in [9.17, 15) is 9.59 Å². The van der Waals surface area contributed by atoms with Gasteiger partial charge in [0.2, 0.25) is 0 Å². The predicted octanol–water partition coefficient (Wildman–Crippen LogP) is 3.49. The summed E-state index contributed by atoms with van der Waals surface area (Å²) in [5, 5.41) is 7.98. The minimum atomic E-state index is -0.310. The Kier molecular flexibility index (Phi) is 5.21. The molecular weight excluding hydrogens is 342 g/mol. The van der Waals surface area contributed by atoms with Crippen molar-refractivity contribution < 1.29 is 9.59 Å². The molecule has 3 aromatic rings. The van der Waals surface area contributed by atoms with Gasteiger partial charge in [0, 0.05) is 35.4 Å². The van der Waals surface area contributed by atoms with Crippen LogP contribution in [0.4, 0.5) is 16.2 Å². The van der Waals surface area contributed by atoms with Crippen LogP contribution in [0.1, 0.15) is 21.7 Å². The summed E-state index contributed by atoms with van der Waals surface area (Å²) in [6, 6.07) is 13.9. The van der Waals surface area contributed by atoms with Gasteiger partial charge in [0.15, 0.2) is 0 Å². The van der Waals surface area contributed by atoms with Gasteiger partial charge in [-0.3, -0.25) is 4.79 Å². The monoisotopic (exact) mass is 363 g/mol. The van der Waals surface area contributed by atoms with Crippen molar-refractivity contribution >= 4 is 23.3 Å². The SMILES string of the molecule is CNC(=O)Nc1ccc(C(=O)Nc2ccc(-n3cnc(C)c3C)cc2)cc1. The van der Waals surface area contributed by atoms with E-state index in [2.05, 4.69) is 20.9 Å². The standard InChI is InChI=1S/C20H21N5O2/c1-13-14(2)25(12-22-13)18-10-8-16(9-11-18)23-19(26)15-4-6-17(7-5-15)24-20(27)21-3/h4-12H,1-3H3,(H,23,26)(H2,21,24,27). The molecule has 3 rings (SSSR count). The van der Waals surface area contributed by atoms with Crippen LogP contribution in [0.5, 0.6) is 0 Å². The number of aryl methyl sites for hydroxylation is 1. The van der Waals surface area contributed by atoms with E-state index in [4.69, 9.17) is 0 Å². The van der Waals surface area contributed by atoms with E-state index < -0.39 is 0 Å². The molecule has 138 valence electrons. The minimum absolute atomic E-state index is 0.219. The number of nitrogens with zero attached hydrogens (tertiary/aromatic N) is 2. The Labute approximate surface area is 157 Å². The molecule has 0 saturated heterocycles. The van der Waals surface area contributed by atoms with Crippen LogP contribution in [-0.4, -0.2) is 28.5 Å². The number of urea groups is 1. The lowest BCUT2D eigenvalue weighted by atomic mass is 10.2. The zero-order chi connectivity index (χ0) is 19.4. The topological polar surface area (TPSA) is 88.0 Å². The Hall–Kier alpha value is -3.61. The number of hydrogen-bond donors (Lipinski definition) is 3. The molecule has 27 heavy (non-hydrogen) atoms. The minimum Gasteiger partial charge on any atom is -0.341 e. The Balaban J connectivity index is 1.67. The first-order chi connectivity index (χ1) is 13.0. The van der Waals surface area contributed by atoms with Gasteiger partial charge >= 0.3 is 6.03 Å². The normalized spacial score (nSPS) is 10.3. The van der Waals surface area contributed by atoms with Gasteiger partial charge < -0.3 is 20.5 Å². The van der Waals surface area contributed by atoms with Gasteiger partial charge in [-0.25, -0.2) is 9.78 Å². The van der Waals surface area contributed by atoms with Gasteiger partial charge in [0.25, 0.3) is 5.91 Å². The molecule has 3 amide bonds. The molecule has 2 aromatic carbocycles. The summed E-state index contributed by atoms with van der Waals surface area (Å²) in [6.45, 7) is 3.98. The van der Waals surface area contributed by atoms with Crippen molar-refractivity contribution in [3.63, 3.8) is 0 Å². The van der Waals surface area contributed by atoms with E-state index in [0.29, 0.717) is 16.9 Å². The number of aromatic nitrogens is 2. The van der Waals surface area contributed by atoms with E-state index in [1.54, 1.807) is 30.6 Å². The fourth-order valence-corrected chi connectivity index (χ4v) is 2.57. The van der Waals surface area contributed by atoms with Crippen molar-refractivity contribution in [2.45, 2.75) is 13.8 Å². The number of imidazole rings is 1. The van der Waals surface area contributed by atoms with Crippen molar-refractivity contribution in [3.05, 3.63) is 71.8 Å². The number of hydrogen-bond acceptors (Lipinski definition) is 3. The summed E-state index contributed by atoms with van der Waals surface area (Å²) < 4.78 is 2.00. The molecule has 0 fully saturated rings. The van der Waals surface area contributed by atoms with Gasteiger partial charge in [-0.05, 0) is 62.4 Å². The molecule has 0 aliphatic rings. The third-order valence-corrected chi connectivity index (χ3v) is 4.29. The third-order valence-electron chi connectivity index (χ3n) is 4.29. The molecule has 1 aromatic heterocycles. The average Bonchev–Trinajstić information content (AvgIpc) is 3.01. The molecule has 0 unspecified atom stereocenters. The van der Waals surface area contributed by atoms with Gasteiger partial charge in [0.1, 0.15) is 0 Å². The van der Waals surface area contributed by atoms with Crippen LogP contribution in [-0.2, 0) is 0 Å². The molecule has 7 heteroatoms. The van der Waals surface area contributed by atoms with Crippen molar-refractivity contribution in [1.82, 2.24) is 14.9 Å². The fraction of sp³-hybridized carbons (Fsp3) is 0.150. The highest BCUT2D eigenvalue weighted by molar-refractivity contribution is 6.04. The summed E-state index contributed by atoms with van der Waals surface area (Å²) in [6.07, 6.45) is 1.78. The van der Waals surface area contributed by atoms with Crippen molar-refractivity contribution in [2.75, 3.05) is 17.7 Å². The summed E-state index contributed by atoms with van der Waals surface area (Å²) in [5.41, 5.74) is 4.87. The highest BCUT2D eigenvalue weighted by Crippen LogP contribution is 2.18. The highest BCUT2D eigenvalue weighted by Gasteiger charge is 2.08. The Morgan fingerprint density at radius 3 is 2.04 bits per heavy atom. The highest BCUT2D eigenvalue weighted by atomic mass is 16.2. The third kappa shape index (κ3) is 4.14. The molecule has 0 bridgehead atoms. The number of amides is 3. The molecule has 0 atom stereocenters. The van der Waals surface area contributed by atoms with E-state index in [1.165, 1.54) is 7.05 Å². The maximum absolute atomic E-state index is 12.4. The quantitative estimate of drug-likeness (QED) is 0.663. The summed E-state index contributed by atoms with van der Waals surface area (Å²) in [4.78, 5) is 28.0. The van der Waals surface area contributed by atoms with E-state index in [1.807, 2.05) is 42.7 Å². The van der Waals surface area contributed by atoms with E-state index >= 15 is 0 Å². The van der Waals surface area contributed by atoms with Crippen LogP contribution < -0.4 is 16.0 Å². The largest absolute Gasteiger partial charge is 0.341 e. The molecule has 7 nitrogen and oxygen atoms in total. The Bertz CT molecular complexity index is 959. The number of carbonyl (C=O) groups is 2. The van der Waals surface area contributed by atoms with Crippen LogP contribution in [0.2, 0.25) is 0 Å². The van der Waals surface area contributed by atoms with Crippen LogP contribution in [0.3, 0.4) is 0 Å². The molecule has 1 heterocycles. The number of benzene rings is 2. The molecular formula is C20H21N5O2. The van der Waals surface area contributed by atoms with Crippen molar-refractivity contribution in [3.8, 4) is 5.69 Å². The Morgan fingerprint density at radius 1 is 0.889 bits per heavy atom. The van der Waals surface area contributed by atoms with Gasteiger partial charge in [-0.2, -0.15) is 0 Å². The van der Waals surface area contributed by atoms with Gasteiger partial charge in [-0.15, -0.1) is 0 Å². The number of carbonyl (C=O) groups excluding carboxylic acids is 2. The van der Waals surface area contributed by atoms with E-state index in [-0.39, 0.29) is 11.9 Å². The smallest absolute Gasteiger partial charge is 0.318 e. The molecule has 0 spiro atoms. The van der Waals surface area contributed by atoms with Crippen molar-refractivity contribution in [1.29, 1.82) is 0 Å². The molecule has 0 aliphatic carbocycles. The second-order valence-corrected chi connectivity index (χ2v) is 6.07. The first-order valence-corrected chi connectivity index (χ1v) is 8.49. The molecule has 0 radical (unpaired) electrons. The maximum Gasteiger partial charge on any atom is 0.318 e. The van der Waals surface area contributed by atoms with Gasteiger partial charge in [-0.1, -0.05) is 0 Å². The summed E-state index contributed by atoms with van der Waals surface area (Å²) in [7, 11) is 1.54. The Morgan fingerprint density at radius 2 is 1.48 bits per heavy atom. The second kappa shape index (κ2) is 7.74. The summed E-state index contributed by atoms with van der Waals surface area (Å²) in [5.74, 6) is -0.219. The average molecular weight is 363 g/mol. The van der Waals surface area contributed by atoms with Crippen LogP contribution in [0, 0.1) is 13.8 Å². The molecule has 0 saturated carbocycles. The zero-order valence-electron chi connectivity index (χ0n) is 15.4. The van der Waals surface area contributed by atoms with Crippen molar-refractivity contribution in [2.24, 2.45) is 0 Å². The number of anilines is 2. The lowest BCUT2D eigenvalue weighted by Gasteiger charge is -2.09. The van der Waals surface area contributed by atoms with Gasteiger partial charge in [0.05, 0.1) is 12.0 Å². The van der Waals surface area contributed by atoms with E-state index in [0.717, 1.165) is 17.1 Å². The summed E-state index contributed by atoms with van der Waals surface area (Å²) >= 11 is 0. The number of rotatable bonds is 4. The fourth-order valence-electron chi connectivity index (χ4n) is 2.57.